The van der Waals surface area contributed by atoms with Gasteiger partial charge in [-0.1, -0.05) is 45.9 Å². The second kappa shape index (κ2) is 5.31. The maximum Gasteiger partial charge on any atom is 0.0665 e. The molecule has 1 aliphatic rings. The highest BCUT2D eigenvalue weighted by atomic mass is 16.5. The Morgan fingerprint density at radius 3 is 2.50 bits per heavy atom. The number of hydrogen-bond donors (Lipinski definition) is 1. The minimum absolute atomic E-state index is 0.213. The van der Waals surface area contributed by atoms with Crippen LogP contribution < -0.4 is 5.32 Å². The van der Waals surface area contributed by atoms with Crippen molar-refractivity contribution in [1.82, 2.24) is 0 Å². The summed E-state index contributed by atoms with van der Waals surface area (Å²) in [5.74, 6) is 0.613. The monoisotopic (exact) mass is 247 g/mol. The predicted octanol–water partition coefficient (Wildman–Crippen LogP) is 3.94. The molecule has 0 bridgehead atoms. The quantitative estimate of drug-likeness (QED) is 0.851. The van der Waals surface area contributed by atoms with Gasteiger partial charge >= 0.3 is 0 Å². The molecule has 0 heterocycles. The molecule has 0 spiro atoms. The van der Waals surface area contributed by atoms with E-state index in [2.05, 4.69) is 57.3 Å². The lowest BCUT2D eigenvalue weighted by molar-refractivity contribution is -0.108. The van der Waals surface area contributed by atoms with Crippen molar-refractivity contribution in [2.24, 2.45) is 11.3 Å². The van der Waals surface area contributed by atoms with Crippen LogP contribution in [0.25, 0.3) is 0 Å². The van der Waals surface area contributed by atoms with Crippen molar-refractivity contribution >= 4 is 5.69 Å². The average Bonchev–Trinajstić information content (AvgIpc) is 2.33. The number of rotatable bonds is 5. The second-order valence-corrected chi connectivity index (χ2v) is 6.34. The first-order valence-corrected chi connectivity index (χ1v) is 6.93. The van der Waals surface area contributed by atoms with E-state index >= 15 is 0 Å². The fourth-order valence-corrected chi connectivity index (χ4v) is 2.46. The van der Waals surface area contributed by atoms with Gasteiger partial charge in [-0.05, 0) is 24.5 Å². The molecule has 1 aliphatic carbocycles. The van der Waals surface area contributed by atoms with Crippen molar-refractivity contribution in [3.8, 4) is 0 Å². The molecule has 0 saturated heterocycles. The molecule has 2 nitrogen and oxygen atoms in total. The summed E-state index contributed by atoms with van der Waals surface area (Å²) in [4.78, 5) is 0. The van der Waals surface area contributed by atoms with Gasteiger partial charge in [0.05, 0.1) is 6.10 Å². The molecule has 0 aliphatic heterocycles. The van der Waals surface area contributed by atoms with E-state index in [1.165, 1.54) is 5.69 Å². The zero-order chi connectivity index (χ0) is 13.2. The summed E-state index contributed by atoms with van der Waals surface area (Å²) in [6, 6.07) is 10.9. The van der Waals surface area contributed by atoms with Gasteiger partial charge in [0, 0.05) is 23.8 Å². The summed E-state index contributed by atoms with van der Waals surface area (Å²) in [5, 5.41) is 3.61. The minimum Gasteiger partial charge on any atom is -0.382 e. The Kier molecular flexibility index (Phi) is 3.96. The molecule has 1 fully saturated rings. The molecule has 1 saturated carbocycles. The Morgan fingerprint density at radius 1 is 1.28 bits per heavy atom. The molecule has 1 aromatic rings. The Hall–Kier alpha value is -1.02. The van der Waals surface area contributed by atoms with Gasteiger partial charge in [-0.3, -0.25) is 0 Å². The molecule has 1 aromatic carbocycles. The van der Waals surface area contributed by atoms with Crippen molar-refractivity contribution < 1.29 is 4.74 Å². The largest absolute Gasteiger partial charge is 0.382 e. The highest BCUT2D eigenvalue weighted by Crippen LogP contribution is 2.44. The van der Waals surface area contributed by atoms with Gasteiger partial charge in [-0.2, -0.15) is 0 Å². The zero-order valence-electron chi connectivity index (χ0n) is 11.9. The Balaban J connectivity index is 1.87. The number of benzene rings is 1. The first kappa shape index (κ1) is 13.4. The molecule has 2 unspecified atom stereocenters. The van der Waals surface area contributed by atoms with Gasteiger partial charge < -0.3 is 10.1 Å². The third kappa shape index (κ3) is 2.86. The topological polar surface area (TPSA) is 21.3 Å². The van der Waals surface area contributed by atoms with E-state index in [1.807, 2.05) is 6.07 Å². The van der Waals surface area contributed by atoms with Gasteiger partial charge in [0.25, 0.3) is 0 Å². The molecule has 2 heteroatoms. The summed E-state index contributed by atoms with van der Waals surface area (Å²) in [5.41, 5.74) is 1.42. The van der Waals surface area contributed by atoms with E-state index in [0.29, 0.717) is 18.1 Å². The molecule has 100 valence electrons. The lowest BCUT2D eigenvalue weighted by atomic mass is 9.64. The lowest BCUT2D eigenvalue weighted by Crippen LogP contribution is -2.58. The SMILES string of the molecule is CC(C)COC1CC(Nc2ccccc2)C1(C)C. The van der Waals surface area contributed by atoms with Crippen molar-refractivity contribution in [2.75, 3.05) is 11.9 Å². The van der Waals surface area contributed by atoms with Crippen LogP contribution in [-0.4, -0.2) is 18.8 Å². The van der Waals surface area contributed by atoms with E-state index < -0.39 is 0 Å². The van der Waals surface area contributed by atoms with Crippen LogP contribution in [0, 0.1) is 11.3 Å². The van der Waals surface area contributed by atoms with Gasteiger partial charge in [-0.25, -0.2) is 0 Å². The standard InChI is InChI=1S/C16H25NO/c1-12(2)11-18-15-10-14(16(15,3)4)17-13-8-6-5-7-9-13/h5-9,12,14-15,17H,10-11H2,1-4H3. The predicted molar refractivity (Wildman–Crippen MR) is 76.8 cm³/mol. The molecule has 18 heavy (non-hydrogen) atoms. The van der Waals surface area contributed by atoms with Crippen LogP contribution in [0.2, 0.25) is 0 Å². The second-order valence-electron chi connectivity index (χ2n) is 6.34. The maximum absolute atomic E-state index is 5.98. The van der Waals surface area contributed by atoms with Crippen LogP contribution in [0.15, 0.2) is 30.3 Å². The van der Waals surface area contributed by atoms with Crippen molar-refractivity contribution in [1.29, 1.82) is 0 Å². The minimum atomic E-state index is 0.213. The van der Waals surface area contributed by atoms with E-state index in [4.69, 9.17) is 4.74 Å². The summed E-state index contributed by atoms with van der Waals surface area (Å²) in [6.07, 6.45) is 1.50. The highest BCUT2D eigenvalue weighted by Gasteiger charge is 2.49. The average molecular weight is 247 g/mol. The lowest BCUT2D eigenvalue weighted by Gasteiger charge is -2.52. The first-order valence-electron chi connectivity index (χ1n) is 6.93. The molecular weight excluding hydrogens is 222 g/mol. The van der Waals surface area contributed by atoms with Crippen LogP contribution in [0.3, 0.4) is 0 Å². The number of ether oxygens (including phenoxy) is 1. The summed E-state index contributed by atoms with van der Waals surface area (Å²) >= 11 is 0. The van der Waals surface area contributed by atoms with Crippen LogP contribution in [-0.2, 0) is 4.74 Å². The van der Waals surface area contributed by atoms with Gasteiger partial charge in [-0.15, -0.1) is 0 Å². The van der Waals surface area contributed by atoms with Crippen molar-refractivity contribution in [2.45, 2.75) is 46.3 Å². The van der Waals surface area contributed by atoms with Gasteiger partial charge in [0.1, 0.15) is 0 Å². The highest BCUT2D eigenvalue weighted by molar-refractivity contribution is 5.44. The number of para-hydroxylation sites is 1. The molecule has 0 radical (unpaired) electrons. The molecule has 0 amide bonds. The molecule has 0 aromatic heterocycles. The Labute approximate surface area is 111 Å². The van der Waals surface area contributed by atoms with E-state index in [-0.39, 0.29) is 5.41 Å². The van der Waals surface area contributed by atoms with Gasteiger partial charge in [0.15, 0.2) is 0 Å². The summed E-state index contributed by atoms with van der Waals surface area (Å²) in [6.45, 7) is 9.85. The molecule has 2 rings (SSSR count). The van der Waals surface area contributed by atoms with Crippen LogP contribution in [0.1, 0.15) is 34.1 Å². The fourth-order valence-electron chi connectivity index (χ4n) is 2.46. The third-order valence-corrected chi connectivity index (χ3v) is 3.92. The summed E-state index contributed by atoms with van der Waals surface area (Å²) < 4.78 is 5.98. The number of nitrogens with one attached hydrogen (secondary N) is 1. The van der Waals surface area contributed by atoms with Crippen molar-refractivity contribution in [3.63, 3.8) is 0 Å². The number of anilines is 1. The Bertz CT molecular complexity index is 372. The summed E-state index contributed by atoms with van der Waals surface area (Å²) in [7, 11) is 0. The zero-order valence-corrected chi connectivity index (χ0v) is 11.9. The van der Waals surface area contributed by atoms with Crippen LogP contribution in [0.5, 0.6) is 0 Å². The number of hydrogen-bond acceptors (Lipinski definition) is 2. The van der Waals surface area contributed by atoms with Crippen molar-refractivity contribution in [3.05, 3.63) is 30.3 Å². The van der Waals surface area contributed by atoms with E-state index in [0.717, 1.165) is 13.0 Å². The van der Waals surface area contributed by atoms with Crippen LogP contribution in [0.4, 0.5) is 5.69 Å². The third-order valence-electron chi connectivity index (χ3n) is 3.92. The molecule has 1 N–H and O–H groups in total. The smallest absolute Gasteiger partial charge is 0.0665 e. The van der Waals surface area contributed by atoms with E-state index in [9.17, 15) is 0 Å². The maximum atomic E-state index is 5.98. The Morgan fingerprint density at radius 2 is 1.94 bits per heavy atom. The van der Waals surface area contributed by atoms with Gasteiger partial charge in [0.2, 0.25) is 0 Å². The van der Waals surface area contributed by atoms with E-state index in [1.54, 1.807) is 0 Å². The fraction of sp³-hybridized carbons (Fsp3) is 0.625. The molecular formula is C16H25NO. The normalized spacial score (nSPS) is 25.8. The molecule has 2 atom stereocenters. The first-order chi connectivity index (χ1) is 8.50. The van der Waals surface area contributed by atoms with Crippen LogP contribution >= 0.6 is 0 Å².